The van der Waals surface area contributed by atoms with E-state index in [1.807, 2.05) is 0 Å². The Balaban J connectivity index is -0.0000000105. The molecule has 0 fully saturated rings. The first-order valence-corrected chi connectivity index (χ1v) is 2.55. The van der Waals surface area contributed by atoms with Gasteiger partial charge in [0.05, 0.1) is 0 Å². The average molecular weight is 166 g/mol. The predicted molar refractivity (Wildman–Crippen MR) is 18.3 cm³/mol. The van der Waals surface area contributed by atoms with Crippen molar-refractivity contribution in [1.82, 2.24) is 0 Å². The van der Waals surface area contributed by atoms with Crippen molar-refractivity contribution in [2.45, 2.75) is 0 Å². The molecule has 36 valence electrons. The van der Waals surface area contributed by atoms with Crippen LogP contribution >= 0.6 is 0 Å². The monoisotopic (exact) mass is 166 g/mol. The summed E-state index contributed by atoms with van der Waals surface area (Å²) < 4.78 is 25.3. The summed E-state index contributed by atoms with van der Waals surface area (Å²) in [4.78, 5) is 0. The molecule has 0 aromatic rings. The van der Waals surface area contributed by atoms with Crippen molar-refractivity contribution >= 4 is 39.3 Å². The Morgan fingerprint density at radius 3 is 1.14 bits per heavy atom. The van der Waals surface area contributed by atoms with Crippen molar-refractivity contribution in [2.75, 3.05) is 0 Å². The van der Waals surface area contributed by atoms with Crippen LogP contribution in [0.1, 0.15) is 0 Å². The second-order valence-electron chi connectivity index (χ2n) is 0.0833. The molecule has 0 rings (SSSR count). The van der Waals surface area contributed by atoms with E-state index < -0.39 is 19.1 Å². The van der Waals surface area contributed by atoms with Crippen LogP contribution in [0, 0.1) is 0 Å². The van der Waals surface area contributed by atoms with E-state index in [0.717, 1.165) is 0 Å². The van der Waals surface area contributed by atoms with Gasteiger partial charge in [-0.25, -0.2) is 0 Å². The Morgan fingerprint density at radius 1 is 1.14 bits per heavy atom. The molecule has 0 amide bonds. The second kappa shape index (κ2) is 53.2. The van der Waals surface area contributed by atoms with Gasteiger partial charge in [0.1, 0.15) is 0 Å². The Kier molecular flexibility index (Phi) is 181. The summed E-state index contributed by atoms with van der Waals surface area (Å²) in [6.07, 6.45) is 0. The van der Waals surface area contributed by atoms with E-state index in [0.29, 0.717) is 16.2 Å². The molecule has 0 unspecified atom stereocenters. The molecule has 0 atom stereocenters. The maximum atomic E-state index is 8.50. The zero-order chi connectivity index (χ0) is 4.71. The van der Waals surface area contributed by atoms with Crippen LogP contribution in [0.2, 0.25) is 0 Å². The summed E-state index contributed by atoms with van der Waals surface area (Å²) in [7, 11) is 0. The fraction of sp³-hybridized carbons (Fsp3) is 0. The third-order valence-corrected chi connectivity index (χ3v) is 0. The molecular weight excluding hydrogens is 163 g/mol. The van der Waals surface area contributed by atoms with Gasteiger partial charge < -0.3 is 5.48 Å². The Labute approximate surface area is 73.7 Å². The van der Waals surface area contributed by atoms with Gasteiger partial charge in [-0.3, -0.25) is 0 Å². The van der Waals surface area contributed by atoms with Crippen LogP contribution in [-0.2, 0) is 29.5 Å². The van der Waals surface area contributed by atoms with Gasteiger partial charge in [0.15, 0.2) is 0 Å². The van der Waals surface area contributed by atoms with E-state index in [2.05, 4.69) is 0 Å². The van der Waals surface area contributed by atoms with Crippen LogP contribution in [0.15, 0.2) is 0 Å². The fourth-order valence-electron chi connectivity index (χ4n) is 0. The van der Waals surface area contributed by atoms with Crippen LogP contribution in [0.5, 0.6) is 0 Å². The first kappa shape index (κ1) is 23.8. The first-order valence-electron chi connectivity index (χ1n) is 0.697. The van der Waals surface area contributed by atoms with Crippen molar-refractivity contribution in [2.24, 2.45) is 0 Å². The van der Waals surface area contributed by atoms with Gasteiger partial charge in [0, 0.05) is 0 Å². The first-order chi connectivity index (χ1) is 2.41. The molecular formula is H3AlMgO4Ti. The zero-order valence-electron chi connectivity index (χ0n) is 3.88. The molecule has 0 aromatic heterocycles. The summed E-state index contributed by atoms with van der Waals surface area (Å²) in [6, 6.07) is 0. The van der Waals surface area contributed by atoms with Crippen LogP contribution in [-0.4, -0.2) is 44.8 Å². The van der Waals surface area contributed by atoms with Gasteiger partial charge in [-0.15, -0.1) is 0 Å². The third kappa shape index (κ3) is 113. The molecule has 0 spiro atoms. The molecule has 0 bridgehead atoms. The van der Waals surface area contributed by atoms with Crippen molar-refractivity contribution in [3.63, 3.8) is 0 Å². The molecule has 0 radical (unpaired) electrons. The summed E-state index contributed by atoms with van der Waals surface area (Å²) in [5, 5.41) is 0. The van der Waals surface area contributed by atoms with E-state index in [-0.39, 0.29) is 28.5 Å². The molecule has 0 aliphatic carbocycles. The Morgan fingerprint density at radius 2 is 1.14 bits per heavy atom. The molecule has 1 N–H and O–H groups in total. The summed E-state index contributed by atoms with van der Waals surface area (Å²) >= 11 is -1.39. The second-order valence-corrected chi connectivity index (χ2v) is 0.344. The predicted octanol–water partition coefficient (Wildman–Crippen LogP) is -1.83. The molecule has 0 saturated carbocycles. The van der Waals surface area contributed by atoms with E-state index in [9.17, 15) is 0 Å². The molecule has 0 aliphatic heterocycles. The van der Waals surface area contributed by atoms with Crippen LogP contribution in [0.3, 0.4) is 0 Å². The Bertz CT molecular complexity index is 41.0. The fourth-order valence-corrected chi connectivity index (χ4v) is 0. The van der Waals surface area contributed by atoms with Gasteiger partial charge in [-0.2, -0.15) is 0 Å². The standard InChI is InChI=1S/Al.Mg.H2O.3O.Ti.2H/h;;1H2;;;;;;/q;+1;;;;;;;/p-1. The van der Waals surface area contributed by atoms with Gasteiger partial charge in [-0.1, -0.05) is 0 Å². The molecule has 0 heterocycles. The van der Waals surface area contributed by atoms with Crippen LogP contribution < -0.4 is 0 Å². The van der Waals surface area contributed by atoms with Crippen LogP contribution in [0.25, 0.3) is 0 Å². The topological polar surface area (TPSA) is 81.2 Å². The van der Waals surface area contributed by atoms with Crippen molar-refractivity contribution in [3.8, 4) is 0 Å². The minimum absolute atomic E-state index is 0. The Hall–Kier alpha value is 1.37. The molecule has 0 aromatic carbocycles. The van der Waals surface area contributed by atoms with E-state index in [4.69, 9.17) is 10.5 Å². The minimum atomic E-state index is -2.00. The normalized spacial score (nSPS) is 1.57. The SMILES string of the molecule is [MgH+].[OH-].[O]=[AlH].[O]=[Ti]=[O]. The van der Waals surface area contributed by atoms with Crippen molar-refractivity contribution in [1.29, 1.82) is 0 Å². The molecule has 0 saturated heterocycles. The van der Waals surface area contributed by atoms with E-state index in [1.54, 1.807) is 0 Å². The number of hydrogen-bond donors (Lipinski definition) is 0. The average Bonchev–Trinajstić information content (AvgIpc) is 1.46. The van der Waals surface area contributed by atoms with E-state index >= 15 is 0 Å². The quantitative estimate of drug-likeness (QED) is 0.396. The zero-order valence-corrected chi connectivity index (χ0v) is 8.85. The molecule has 7 heavy (non-hydrogen) atoms. The van der Waals surface area contributed by atoms with Gasteiger partial charge in [-0.05, 0) is 0 Å². The molecule has 0 aliphatic rings. The summed E-state index contributed by atoms with van der Waals surface area (Å²) in [6.45, 7) is 0. The maximum absolute atomic E-state index is 8.50. The van der Waals surface area contributed by atoms with Crippen LogP contribution in [0.4, 0.5) is 0 Å². The summed E-state index contributed by atoms with van der Waals surface area (Å²) in [5.41, 5.74) is 0. The molecule has 7 heteroatoms. The van der Waals surface area contributed by atoms with E-state index in [1.165, 1.54) is 0 Å². The third-order valence-electron chi connectivity index (χ3n) is 0. The number of hydrogen-bond acceptors (Lipinski definition) is 4. The molecule has 4 nitrogen and oxygen atoms in total. The number of rotatable bonds is 0. The van der Waals surface area contributed by atoms with Gasteiger partial charge >= 0.3 is 68.8 Å². The summed E-state index contributed by atoms with van der Waals surface area (Å²) in [5.74, 6) is 0. The van der Waals surface area contributed by atoms with Gasteiger partial charge in [0.25, 0.3) is 0 Å². The van der Waals surface area contributed by atoms with Crippen molar-refractivity contribution in [3.05, 3.63) is 0 Å². The van der Waals surface area contributed by atoms with Gasteiger partial charge in [0.2, 0.25) is 0 Å². The van der Waals surface area contributed by atoms with Crippen molar-refractivity contribution < 1.29 is 35.0 Å².